The lowest BCUT2D eigenvalue weighted by atomic mass is 10.0. The quantitative estimate of drug-likeness (QED) is 0.870. The number of nitrogens with two attached hydrogens (primary N) is 1. The lowest BCUT2D eigenvalue weighted by Crippen LogP contribution is -2.11. The van der Waals surface area contributed by atoms with E-state index in [0.717, 1.165) is 21.8 Å². The van der Waals surface area contributed by atoms with E-state index < -0.39 is 0 Å². The first-order chi connectivity index (χ1) is 7.61. The Hall–Kier alpha value is -1.32. The van der Waals surface area contributed by atoms with Gasteiger partial charge in [0.25, 0.3) is 0 Å². The SMILES string of the molecule is CC(N)c1c(-c2ccccc2Cl)cnn1C. The second-order valence-electron chi connectivity index (χ2n) is 3.84. The third-order valence-electron chi connectivity index (χ3n) is 2.58. The van der Waals surface area contributed by atoms with Gasteiger partial charge in [0.15, 0.2) is 0 Å². The molecule has 0 aliphatic heterocycles. The molecule has 2 N–H and O–H groups in total. The minimum Gasteiger partial charge on any atom is -0.323 e. The fourth-order valence-corrected chi connectivity index (χ4v) is 2.11. The molecule has 1 atom stereocenters. The standard InChI is InChI=1S/C12H14ClN3/c1-8(14)12-10(7-15-16(12)2)9-5-3-4-6-11(9)13/h3-8H,14H2,1-2H3. The lowest BCUT2D eigenvalue weighted by molar-refractivity contribution is 0.655. The Bertz CT molecular complexity index is 503. The highest BCUT2D eigenvalue weighted by molar-refractivity contribution is 6.33. The lowest BCUT2D eigenvalue weighted by Gasteiger charge is -2.10. The van der Waals surface area contributed by atoms with Gasteiger partial charge >= 0.3 is 0 Å². The summed E-state index contributed by atoms with van der Waals surface area (Å²) in [7, 11) is 1.89. The molecule has 0 aliphatic carbocycles. The van der Waals surface area contributed by atoms with Gasteiger partial charge in [-0.3, -0.25) is 4.68 Å². The maximum absolute atomic E-state index is 6.17. The molecule has 16 heavy (non-hydrogen) atoms. The van der Waals surface area contributed by atoms with E-state index in [9.17, 15) is 0 Å². The summed E-state index contributed by atoms with van der Waals surface area (Å²) in [4.78, 5) is 0. The van der Waals surface area contributed by atoms with Gasteiger partial charge in [0.2, 0.25) is 0 Å². The zero-order valence-corrected chi connectivity index (χ0v) is 10.1. The molecule has 0 saturated carbocycles. The molecule has 1 heterocycles. The Labute approximate surface area is 99.8 Å². The number of benzene rings is 1. The van der Waals surface area contributed by atoms with Gasteiger partial charge in [0.1, 0.15) is 0 Å². The van der Waals surface area contributed by atoms with E-state index in [1.54, 1.807) is 10.9 Å². The van der Waals surface area contributed by atoms with Crippen LogP contribution in [0.4, 0.5) is 0 Å². The van der Waals surface area contributed by atoms with Crippen molar-refractivity contribution in [1.29, 1.82) is 0 Å². The molecule has 0 spiro atoms. The molecule has 3 nitrogen and oxygen atoms in total. The molecule has 0 aliphatic rings. The summed E-state index contributed by atoms with van der Waals surface area (Å²) < 4.78 is 1.79. The van der Waals surface area contributed by atoms with Crippen LogP contribution < -0.4 is 5.73 Å². The summed E-state index contributed by atoms with van der Waals surface area (Å²) in [5.41, 5.74) is 8.92. The van der Waals surface area contributed by atoms with Gasteiger partial charge in [-0.05, 0) is 13.0 Å². The largest absolute Gasteiger partial charge is 0.323 e. The molecule has 1 unspecified atom stereocenters. The van der Waals surface area contributed by atoms with Crippen LogP contribution >= 0.6 is 11.6 Å². The molecule has 0 bridgehead atoms. The second-order valence-corrected chi connectivity index (χ2v) is 4.24. The van der Waals surface area contributed by atoms with E-state index in [-0.39, 0.29) is 6.04 Å². The number of hydrogen-bond acceptors (Lipinski definition) is 2. The Morgan fingerprint density at radius 1 is 1.31 bits per heavy atom. The number of aryl methyl sites for hydroxylation is 1. The molecule has 4 heteroatoms. The van der Waals surface area contributed by atoms with Crippen molar-refractivity contribution >= 4 is 11.6 Å². The molecule has 1 aromatic carbocycles. The van der Waals surface area contributed by atoms with Gasteiger partial charge in [-0.2, -0.15) is 5.10 Å². The molecule has 0 amide bonds. The average molecular weight is 236 g/mol. The molecule has 0 saturated heterocycles. The highest BCUT2D eigenvalue weighted by atomic mass is 35.5. The topological polar surface area (TPSA) is 43.8 Å². The van der Waals surface area contributed by atoms with E-state index in [4.69, 9.17) is 17.3 Å². The summed E-state index contributed by atoms with van der Waals surface area (Å²) in [6.45, 7) is 1.94. The van der Waals surface area contributed by atoms with Gasteiger partial charge in [-0.25, -0.2) is 0 Å². The third kappa shape index (κ3) is 1.84. The van der Waals surface area contributed by atoms with Gasteiger partial charge in [-0.15, -0.1) is 0 Å². The second kappa shape index (κ2) is 4.28. The first kappa shape index (κ1) is 11.2. The van der Waals surface area contributed by atoms with Crippen molar-refractivity contribution in [3.63, 3.8) is 0 Å². The number of halogens is 1. The maximum Gasteiger partial charge on any atom is 0.0624 e. The smallest absolute Gasteiger partial charge is 0.0624 e. The van der Waals surface area contributed by atoms with Crippen molar-refractivity contribution in [3.8, 4) is 11.1 Å². The fraction of sp³-hybridized carbons (Fsp3) is 0.250. The first-order valence-corrected chi connectivity index (χ1v) is 5.51. The highest BCUT2D eigenvalue weighted by Crippen LogP contribution is 2.31. The van der Waals surface area contributed by atoms with Crippen LogP contribution in [0.5, 0.6) is 0 Å². The molecular weight excluding hydrogens is 222 g/mol. The molecule has 2 rings (SSSR count). The Balaban J connectivity index is 2.61. The first-order valence-electron chi connectivity index (χ1n) is 5.13. The zero-order valence-electron chi connectivity index (χ0n) is 9.31. The summed E-state index contributed by atoms with van der Waals surface area (Å²) in [6.07, 6.45) is 1.81. The number of rotatable bonds is 2. The van der Waals surface area contributed by atoms with Crippen molar-refractivity contribution in [3.05, 3.63) is 41.2 Å². The van der Waals surface area contributed by atoms with Gasteiger partial charge < -0.3 is 5.73 Å². The zero-order chi connectivity index (χ0) is 11.7. The summed E-state index contributed by atoms with van der Waals surface area (Å²) in [5.74, 6) is 0. The number of nitrogens with zero attached hydrogens (tertiary/aromatic N) is 2. The highest BCUT2D eigenvalue weighted by Gasteiger charge is 2.15. The molecular formula is C12H14ClN3. The molecule has 84 valence electrons. The van der Waals surface area contributed by atoms with Crippen molar-refractivity contribution < 1.29 is 0 Å². The van der Waals surface area contributed by atoms with Crippen LogP contribution in [0.15, 0.2) is 30.5 Å². The van der Waals surface area contributed by atoms with E-state index in [2.05, 4.69) is 5.10 Å². The van der Waals surface area contributed by atoms with Crippen LogP contribution in [-0.2, 0) is 7.05 Å². The van der Waals surface area contributed by atoms with Crippen molar-refractivity contribution in [2.45, 2.75) is 13.0 Å². The molecule has 0 fully saturated rings. The summed E-state index contributed by atoms with van der Waals surface area (Å²) in [5, 5.41) is 4.95. The van der Waals surface area contributed by atoms with Crippen molar-refractivity contribution in [1.82, 2.24) is 9.78 Å². The van der Waals surface area contributed by atoms with E-state index >= 15 is 0 Å². The molecule has 0 radical (unpaired) electrons. The maximum atomic E-state index is 6.17. The van der Waals surface area contributed by atoms with Crippen LogP contribution in [0.25, 0.3) is 11.1 Å². The monoisotopic (exact) mass is 235 g/mol. The Kier molecular flexibility index (Phi) is 2.99. The average Bonchev–Trinajstić information content (AvgIpc) is 2.61. The Morgan fingerprint density at radius 2 is 2.00 bits per heavy atom. The summed E-state index contributed by atoms with van der Waals surface area (Å²) >= 11 is 6.17. The molecule has 1 aromatic heterocycles. The van der Waals surface area contributed by atoms with E-state index in [1.165, 1.54) is 0 Å². The van der Waals surface area contributed by atoms with Crippen molar-refractivity contribution in [2.24, 2.45) is 12.8 Å². The van der Waals surface area contributed by atoms with E-state index in [0.29, 0.717) is 0 Å². The van der Waals surface area contributed by atoms with Gasteiger partial charge in [0.05, 0.1) is 11.9 Å². The van der Waals surface area contributed by atoms with Crippen molar-refractivity contribution in [2.75, 3.05) is 0 Å². The number of aromatic nitrogens is 2. The third-order valence-corrected chi connectivity index (χ3v) is 2.91. The predicted octanol–water partition coefficient (Wildman–Crippen LogP) is 2.76. The van der Waals surface area contributed by atoms with Crippen LogP contribution in [-0.4, -0.2) is 9.78 Å². The summed E-state index contributed by atoms with van der Waals surface area (Å²) in [6, 6.07) is 7.64. The van der Waals surface area contributed by atoms with Crippen LogP contribution in [0.2, 0.25) is 5.02 Å². The van der Waals surface area contributed by atoms with Crippen LogP contribution in [0.1, 0.15) is 18.7 Å². The minimum atomic E-state index is -0.0706. The predicted molar refractivity (Wildman–Crippen MR) is 66.3 cm³/mol. The van der Waals surface area contributed by atoms with Gasteiger partial charge in [-0.1, -0.05) is 29.8 Å². The fourth-order valence-electron chi connectivity index (χ4n) is 1.87. The molecule has 2 aromatic rings. The Morgan fingerprint density at radius 3 is 2.62 bits per heavy atom. The van der Waals surface area contributed by atoms with Crippen LogP contribution in [0.3, 0.4) is 0 Å². The van der Waals surface area contributed by atoms with E-state index in [1.807, 2.05) is 38.2 Å². The van der Waals surface area contributed by atoms with Gasteiger partial charge in [0, 0.05) is 29.2 Å². The minimum absolute atomic E-state index is 0.0706. The van der Waals surface area contributed by atoms with Crippen LogP contribution in [0, 0.1) is 0 Å². The normalized spacial score (nSPS) is 12.8. The number of hydrogen-bond donors (Lipinski definition) is 1.